The molecular weight excluding hydrogens is 283 g/mol. The second-order valence-corrected chi connectivity index (χ2v) is 9.54. The highest BCUT2D eigenvalue weighted by Crippen LogP contribution is 2.48. The Morgan fingerprint density at radius 3 is 2.22 bits per heavy atom. The van der Waals surface area contributed by atoms with Crippen LogP contribution in [-0.4, -0.2) is 5.67 Å². The fraction of sp³-hybridized carbons (Fsp3) is 0.818. The van der Waals surface area contributed by atoms with Crippen molar-refractivity contribution >= 4 is 0 Å². The first-order valence-corrected chi connectivity index (χ1v) is 9.58. The summed E-state index contributed by atoms with van der Waals surface area (Å²) in [5.74, 6) is 1.96. The lowest BCUT2D eigenvalue weighted by Crippen LogP contribution is -2.33. The molecule has 0 aromatic heterocycles. The van der Waals surface area contributed by atoms with E-state index in [1.807, 2.05) is 6.08 Å². The Balaban J connectivity index is 2.15. The fourth-order valence-electron chi connectivity index (χ4n) is 4.11. The minimum Gasteiger partial charge on any atom is -0.240 e. The Labute approximate surface area is 143 Å². The van der Waals surface area contributed by atoms with Crippen molar-refractivity contribution in [2.24, 2.45) is 28.6 Å². The maximum Gasteiger partial charge on any atom is 0.126 e. The van der Waals surface area contributed by atoms with Gasteiger partial charge in [-0.1, -0.05) is 65.3 Å². The molecule has 0 bridgehead atoms. The first-order valence-electron chi connectivity index (χ1n) is 9.58. The van der Waals surface area contributed by atoms with Crippen molar-refractivity contribution in [1.29, 1.82) is 0 Å². The quantitative estimate of drug-likeness (QED) is 0.484. The highest BCUT2D eigenvalue weighted by Gasteiger charge is 2.38. The minimum absolute atomic E-state index is 0.137. The molecular formula is C22H37F. The van der Waals surface area contributed by atoms with Gasteiger partial charge >= 0.3 is 0 Å². The van der Waals surface area contributed by atoms with Crippen LogP contribution in [0.5, 0.6) is 0 Å². The van der Waals surface area contributed by atoms with Gasteiger partial charge in [-0.25, -0.2) is 4.39 Å². The molecule has 0 heterocycles. The van der Waals surface area contributed by atoms with Crippen molar-refractivity contribution in [2.75, 3.05) is 0 Å². The molecule has 0 nitrogen and oxygen atoms in total. The summed E-state index contributed by atoms with van der Waals surface area (Å²) < 4.78 is 14.1. The van der Waals surface area contributed by atoms with Crippen molar-refractivity contribution in [3.8, 4) is 0 Å². The van der Waals surface area contributed by atoms with Gasteiger partial charge in [0.15, 0.2) is 0 Å². The first kappa shape index (κ1) is 18.7. The Hall–Kier alpha value is -0.590. The zero-order chi connectivity index (χ0) is 17.5. The average Bonchev–Trinajstić information content (AvgIpc) is 2.46. The van der Waals surface area contributed by atoms with Crippen LogP contribution in [-0.2, 0) is 0 Å². The largest absolute Gasteiger partial charge is 0.240 e. The van der Waals surface area contributed by atoms with Gasteiger partial charge in [0.05, 0.1) is 0 Å². The molecule has 0 aliphatic heterocycles. The summed E-state index contributed by atoms with van der Waals surface area (Å²) in [6.07, 6.45) is 12.0. The van der Waals surface area contributed by atoms with E-state index in [4.69, 9.17) is 0 Å². The van der Waals surface area contributed by atoms with E-state index in [-0.39, 0.29) is 5.41 Å². The molecule has 0 fully saturated rings. The summed E-state index contributed by atoms with van der Waals surface area (Å²) in [5, 5.41) is 0. The monoisotopic (exact) mass is 320 g/mol. The Morgan fingerprint density at radius 1 is 1.04 bits per heavy atom. The molecule has 0 aromatic rings. The predicted octanol–water partition coefficient (Wildman–Crippen LogP) is 7.12. The van der Waals surface area contributed by atoms with Crippen molar-refractivity contribution in [2.45, 2.75) is 86.2 Å². The van der Waals surface area contributed by atoms with Gasteiger partial charge in [-0.3, -0.25) is 0 Å². The molecule has 0 amide bonds. The summed E-state index contributed by atoms with van der Waals surface area (Å²) in [4.78, 5) is 0. The molecule has 1 heteroatoms. The normalized spacial score (nSPS) is 42.7. The molecule has 0 saturated carbocycles. The molecule has 0 N–H and O–H groups in total. The lowest BCUT2D eigenvalue weighted by atomic mass is 9.63. The van der Waals surface area contributed by atoms with E-state index in [9.17, 15) is 4.39 Å². The number of alkyl halides is 1. The standard InChI is InChI=1S/C22H37F/c1-16(2)21(6)9-8-17(3)19(15-21)14-18(4)20(5)10-12-22(7,23)13-11-20/h10,12,15-18H,8-9,11,13-14H2,1-7H3. The zero-order valence-corrected chi connectivity index (χ0v) is 16.4. The third-order valence-electron chi connectivity index (χ3n) is 7.21. The minimum atomic E-state index is -1.10. The van der Waals surface area contributed by atoms with Crippen molar-refractivity contribution in [1.82, 2.24) is 0 Å². The van der Waals surface area contributed by atoms with Crippen LogP contribution in [0.3, 0.4) is 0 Å². The van der Waals surface area contributed by atoms with E-state index >= 15 is 0 Å². The van der Waals surface area contributed by atoms with Gasteiger partial charge in [-0.05, 0) is 67.6 Å². The van der Waals surface area contributed by atoms with Crippen molar-refractivity contribution < 1.29 is 4.39 Å². The summed E-state index contributed by atoms with van der Waals surface area (Å²) in [7, 11) is 0. The van der Waals surface area contributed by atoms with Crippen LogP contribution < -0.4 is 0 Å². The van der Waals surface area contributed by atoms with Gasteiger partial charge in [0.1, 0.15) is 5.67 Å². The molecule has 5 atom stereocenters. The predicted molar refractivity (Wildman–Crippen MR) is 99.2 cm³/mol. The Kier molecular flexibility index (Phi) is 5.19. The molecule has 23 heavy (non-hydrogen) atoms. The second kappa shape index (κ2) is 6.37. The maximum atomic E-state index is 14.1. The van der Waals surface area contributed by atoms with Gasteiger partial charge < -0.3 is 0 Å². The van der Waals surface area contributed by atoms with Crippen LogP contribution >= 0.6 is 0 Å². The molecule has 5 unspecified atom stereocenters. The smallest absolute Gasteiger partial charge is 0.126 e. The number of hydrogen-bond acceptors (Lipinski definition) is 0. The van der Waals surface area contributed by atoms with E-state index in [1.54, 1.807) is 12.5 Å². The first-order chi connectivity index (χ1) is 10.5. The van der Waals surface area contributed by atoms with Crippen LogP contribution in [0.15, 0.2) is 23.8 Å². The Morgan fingerprint density at radius 2 is 1.70 bits per heavy atom. The molecule has 0 spiro atoms. The molecule has 0 saturated heterocycles. The van der Waals surface area contributed by atoms with E-state index in [0.29, 0.717) is 29.6 Å². The average molecular weight is 321 g/mol. The molecule has 0 aromatic carbocycles. The van der Waals surface area contributed by atoms with Crippen LogP contribution in [0.2, 0.25) is 0 Å². The Bertz CT molecular complexity index is 484. The molecule has 0 radical (unpaired) electrons. The summed E-state index contributed by atoms with van der Waals surface area (Å²) in [6, 6.07) is 0. The van der Waals surface area contributed by atoms with Gasteiger partial charge in [-0.2, -0.15) is 0 Å². The lowest BCUT2D eigenvalue weighted by Gasteiger charge is -2.42. The van der Waals surface area contributed by atoms with E-state index < -0.39 is 5.67 Å². The SMILES string of the molecule is CC1CCC(C)(C(C)C)C=C1CC(C)C1(C)C=CC(C)(F)CC1. The zero-order valence-electron chi connectivity index (χ0n) is 16.4. The van der Waals surface area contributed by atoms with Crippen molar-refractivity contribution in [3.63, 3.8) is 0 Å². The van der Waals surface area contributed by atoms with Gasteiger partial charge in [0.2, 0.25) is 0 Å². The fourth-order valence-corrected chi connectivity index (χ4v) is 4.11. The number of hydrogen-bond donors (Lipinski definition) is 0. The third-order valence-corrected chi connectivity index (χ3v) is 7.21. The molecule has 2 aliphatic rings. The summed E-state index contributed by atoms with van der Waals surface area (Å²) in [6.45, 7) is 15.9. The van der Waals surface area contributed by atoms with Gasteiger partial charge in [0.25, 0.3) is 0 Å². The third kappa shape index (κ3) is 4.09. The molecule has 2 rings (SSSR count). The molecule has 132 valence electrons. The van der Waals surface area contributed by atoms with E-state index in [2.05, 4.69) is 53.7 Å². The summed E-state index contributed by atoms with van der Waals surface area (Å²) in [5.41, 5.74) is 1.02. The number of allylic oxidation sites excluding steroid dienone is 4. The van der Waals surface area contributed by atoms with E-state index in [0.717, 1.165) is 12.8 Å². The highest BCUT2D eigenvalue weighted by molar-refractivity contribution is 5.19. The highest BCUT2D eigenvalue weighted by atomic mass is 19.1. The van der Waals surface area contributed by atoms with Crippen LogP contribution in [0.25, 0.3) is 0 Å². The number of halogens is 1. The van der Waals surface area contributed by atoms with Crippen LogP contribution in [0.4, 0.5) is 4.39 Å². The lowest BCUT2D eigenvalue weighted by molar-refractivity contribution is 0.148. The van der Waals surface area contributed by atoms with Crippen molar-refractivity contribution in [3.05, 3.63) is 23.8 Å². The topological polar surface area (TPSA) is 0 Å². The number of rotatable bonds is 4. The second-order valence-electron chi connectivity index (χ2n) is 9.54. The maximum absolute atomic E-state index is 14.1. The van der Waals surface area contributed by atoms with Gasteiger partial charge in [0, 0.05) is 0 Å². The van der Waals surface area contributed by atoms with E-state index in [1.165, 1.54) is 12.8 Å². The molecule has 2 aliphatic carbocycles. The van der Waals surface area contributed by atoms with Crippen LogP contribution in [0.1, 0.15) is 80.6 Å². The van der Waals surface area contributed by atoms with Crippen LogP contribution in [0, 0.1) is 28.6 Å². The summed E-state index contributed by atoms with van der Waals surface area (Å²) >= 11 is 0. The van der Waals surface area contributed by atoms with Gasteiger partial charge in [-0.15, -0.1) is 0 Å².